The standard InChI is InChI=1S/C15H22O5S/c1-13(2)9-5-3-8-12-15(16)19-20-21(17,18)14-10-6-4-7-11-14/h4,6-7,10-11,13H,3,5,8-9,12H2,1-2H3. The van der Waals surface area contributed by atoms with Gasteiger partial charge >= 0.3 is 16.1 Å². The zero-order chi connectivity index (χ0) is 15.7. The molecule has 0 bridgehead atoms. The molecule has 0 aromatic heterocycles. The van der Waals surface area contributed by atoms with Crippen LogP contribution in [0.25, 0.3) is 0 Å². The first-order chi connectivity index (χ1) is 9.92. The van der Waals surface area contributed by atoms with E-state index in [0.717, 1.165) is 19.3 Å². The minimum atomic E-state index is -4.04. The average Bonchev–Trinajstić information content (AvgIpc) is 2.45. The molecule has 0 radical (unpaired) electrons. The summed E-state index contributed by atoms with van der Waals surface area (Å²) in [4.78, 5) is 15.7. The Balaban J connectivity index is 2.27. The Morgan fingerprint density at radius 3 is 2.38 bits per heavy atom. The van der Waals surface area contributed by atoms with Crippen molar-refractivity contribution in [3.05, 3.63) is 30.3 Å². The molecule has 5 nitrogen and oxygen atoms in total. The van der Waals surface area contributed by atoms with Gasteiger partial charge in [-0.3, -0.25) is 4.89 Å². The summed E-state index contributed by atoms with van der Waals surface area (Å²) in [5.74, 6) is -0.0182. The van der Waals surface area contributed by atoms with Crippen LogP contribution in [0.2, 0.25) is 0 Å². The molecule has 0 amide bonds. The van der Waals surface area contributed by atoms with E-state index in [-0.39, 0.29) is 11.3 Å². The van der Waals surface area contributed by atoms with Crippen LogP contribution in [0.5, 0.6) is 0 Å². The highest BCUT2D eigenvalue weighted by molar-refractivity contribution is 7.86. The van der Waals surface area contributed by atoms with E-state index in [1.165, 1.54) is 12.1 Å². The van der Waals surface area contributed by atoms with E-state index in [0.29, 0.717) is 12.3 Å². The molecule has 0 aliphatic heterocycles. The molecule has 0 heterocycles. The monoisotopic (exact) mass is 314 g/mol. The molecule has 21 heavy (non-hydrogen) atoms. The maximum Gasteiger partial charge on any atom is 0.343 e. The van der Waals surface area contributed by atoms with Crippen molar-refractivity contribution in [2.75, 3.05) is 0 Å². The van der Waals surface area contributed by atoms with Gasteiger partial charge in [-0.1, -0.05) is 51.3 Å². The smallest absolute Gasteiger partial charge is 0.281 e. The lowest BCUT2D eigenvalue weighted by molar-refractivity contribution is -0.211. The van der Waals surface area contributed by atoms with E-state index in [1.54, 1.807) is 18.2 Å². The number of rotatable bonds is 9. The molecule has 118 valence electrons. The van der Waals surface area contributed by atoms with E-state index >= 15 is 0 Å². The Morgan fingerprint density at radius 1 is 1.10 bits per heavy atom. The number of unbranched alkanes of at least 4 members (excludes halogenated alkanes) is 2. The summed E-state index contributed by atoms with van der Waals surface area (Å²) in [6, 6.07) is 7.55. The van der Waals surface area contributed by atoms with Crippen LogP contribution in [-0.2, 0) is 24.1 Å². The summed E-state index contributed by atoms with van der Waals surface area (Å²) in [5.41, 5.74) is 0. The third-order valence-corrected chi connectivity index (χ3v) is 4.01. The van der Waals surface area contributed by atoms with Crippen LogP contribution in [0.3, 0.4) is 0 Å². The first kappa shape index (κ1) is 17.7. The van der Waals surface area contributed by atoms with Gasteiger partial charge in [0.1, 0.15) is 0 Å². The molecular weight excluding hydrogens is 292 g/mol. The maximum atomic E-state index is 11.7. The summed E-state index contributed by atoms with van der Waals surface area (Å²) >= 11 is 0. The van der Waals surface area contributed by atoms with Gasteiger partial charge in [-0.2, -0.15) is 8.42 Å². The van der Waals surface area contributed by atoms with Crippen LogP contribution in [0.4, 0.5) is 0 Å². The highest BCUT2D eigenvalue weighted by atomic mass is 32.2. The molecule has 0 saturated carbocycles. The lowest BCUT2D eigenvalue weighted by atomic mass is 10.0. The molecule has 6 heteroatoms. The number of hydrogen-bond acceptors (Lipinski definition) is 5. The molecule has 0 saturated heterocycles. The largest absolute Gasteiger partial charge is 0.343 e. The summed E-state index contributed by atoms with van der Waals surface area (Å²) in [5, 5.41) is 0. The van der Waals surface area contributed by atoms with E-state index in [1.807, 2.05) is 0 Å². The van der Waals surface area contributed by atoms with Crippen molar-refractivity contribution in [2.24, 2.45) is 5.92 Å². The second-order valence-corrected chi connectivity index (χ2v) is 6.80. The van der Waals surface area contributed by atoms with Gasteiger partial charge in [-0.25, -0.2) is 4.79 Å². The first-order valence-electron chi connectivity index (χ1n) is 7.11. The molecule has 0 spiro atoms. The van der Waals surface area contributed by atoms with Crippen molar-refractivity contribution in [2.45, 2.75) is 50.8 Å². The van der Waals surface area contributed by atoms with Crippen LogP contribution in [0.1, 0.15) is 46.0 Å². The molecule has 0 fully saturated rings. The fraction of sp³-hybridized carbons (Fsp3) is 0.533. The number of benzene rings is 1. The minimum Gasteiger partial charge on any atom is -0.281 e. The first-order valence-corrected chi connectivity index (χ1v) is 8.51. The second-order valence-electron chi connectivity index (χ2n) is 5.28. The molecule has 0 N–H and O–H groups in total. The predicted octanol–water partition coefficient (Wildman–Crippen LogP) is 3.46. The molecule has 0 aliphatic rings. The fourth-order valence-corrected chi connectivity index (χ4v) is 2.48. The van der Waals surface area contributed by atoms with Gasteiger partial charge in [0.15, 0.2) is 0 Å². The molecular formula is C15H22O5S. The molecule has 1 aromatic carbocycles. The van der Waals surface area contributed by atoms with Gasteiger partial charge in [0.25, 0.3) is 0 Å². The lowest BCUT2D eigenvalue weighted by Gasteiger charge is -2.05. The normalized spacial score (nSPS) is 11.6. The Hall–Kier alpha value is -1.40. The zero-order valence-corrected chi connectivity index (χ0v) is 13.3. The van der Waals surface area contributed by atoms with Crippen LogP contribution in [-0.4, -0.2) is 14.4 Å². The van der Waals surface area contributed by atoms with Gasteiger partial charge in [0.2, 0.25) is 0 Å². The number of carbonyl (C=O) groups is 1. The minimum absolute atomic E-state index is 0.0465. The van der Waals surface area contributed by atoms with Crippen LogP contribution in [0.15, 0.2) is 35.2 Å². The van der Waals surface area contributed by atoms with E-state index < -0.39 is 16.1 Å². The van der Waals surface area contributed by atoms with Crippen molar-refractivity contribution in [1.29, 1.82) is 0 Å². The Kier molecular flexibility index (Phi) is 7.39. The Morgan fingerprint density at radius 2 is 1.76 bits per heavy atom. The predicted molar refractivity (Wildman–Crippen MR) is 78.7 cm³/mol. The molecule has 0 aliphatic carbocycles. The molecule has 1 rings (SSSR count). The SMILES string of the molecule is CC(C)CCCCCC(=O)OOS(=O)(=O)c1ccccc1. The van der Waals surface area contributed by atoms with Gasteiger partial charge in [0, 0.05) is 6.42 Å². The van der Waals surface area contributed by atoms with E-state index in [2.05, 4.69) is 23.1 Å². The lowest BCUT2D eigenvalue weighted by Crippen LogP contribution is -2.12. The Labute approximate surface area is 126 Å². The van der Waals surface area contributed by atoms with Crippen molar-refractivity contribution in [3.63, 3.8) is 0 Å². The van der Waals surface area contributed by atoms with Gasteiger partial charge < -0.3 is 0 Å². The van der Waals surface area contributed by atoms with Crippen molar-refractivity contribution in [1.82, 2.24) is 0 Å². The van der Waals surface area contributed by atoms with Gasteiger partial charge in [0.05, 0.1) is 4.90 Å². The third-order valence-electron chi connectivity index (χ3n) is 2.91. The molecule has 0 atom stereocenters. The van der Waals surface area contributed by atoms with Crippen LogP contribution < -0.4 is 0 Å². The highest BCUT2D eigenvalue weighted by Crippen LogP contribution is 2.13. The summed E-state index contributed by atoms with van der Waals surface area (Å²) in [7, 11) is -4.04. The van der Waals surface area contributed by atoms with E-state index in [9.17, 15) is 13.2 Å². The zero-order valence-electron chi connectivity index (χ0n) is 12.4. The number of carbonyl (C=O) groups excluding carboxylic acids is 1. The quantitative estimate of drug-likeness (QED) is 0.396. The van der Waals surface area contributed by atoms with Crippen molar-refractivity contribution < 1.29 is 22.4 Å². The third kappa shape index (κ3) is 7.24. The summed E-state index contributed by atoms with van der Waals surface area (Å²) in [6.07, 6.45) is 3.91. The summed E-state index contributed by atoms with van der Waals surface area (Å²) in [6.45, 7) is 4.30. The van der Waals surface area contributed by atoms with Crippen molar-refractivity contribution >= 4 is 16.1 Å². The maximum absolute atomic E-state index is 11.7. The highest BCUT2D eigenvalue weighted by Gasteiger charge is 2.18. The van der Waals surface area contributed by atoms with Gasteiger partial charge in [-0.15, -0.1) is 0 Å². The summed E-state index contributed by atoms with van der Waals surface area (Å²) < 4.78 is 27.7. The molecule has 0 unspecified atom stereocenters. The topological polar surface area (TPSA) is 69.7 Å². The fourth-order valence-electron chi connectivity index (χ4n) is 1.75. The van der Waals surface area contributed by atoms with Crippen molar-refractivity contribution in [3.8, 4) is 0 Å². The second kappa shape index (κ2) is 8.79. The average molecular weight is 314 g/mol. The van der Waals surface area contributed by atoms with Gasteiger partial charge in [-0.05, 0) is 28.8 Å². The van der Waals surface area contributed by atoms with E-state index in [4.69, 9.17) is 0 Å². The van der Waals surface area contributed by atoms with Crippen LogP contribution >= 0.6 is 0 Å². The Bertz CT molecular complexity index is 522. The van der Waals surface area contributed by atoms with Crippen LogP contribution in [0, 0.1) is 5.92 Å². The number of hydrogen-bond donors (Lipinski definition) is 0. The molecule has 1 aromatic rings.